The minimum Gasteiger partial charge on any atom is -0.347 e. The van der Waals surface area contributed by atoms with E-state index in [4.69, 9.17) is 11.6 Å². The van der Waals surface area contributed by atoms with Gasteiger partial charge in [-0.15, -0.1) is 24.0 Å². The summed E-state index contributed by atoms with van der Waals surface area (Å²) in [6, 6.07) is 13.2. The fourth-order valence-electron chi connectivity index (χ4n) is 2.24. The van der Waals surface area contributed by atoms with Gasteiger partial charge in [-0.1, -0.05) is 29.8 Å². The van der Waals surface area contributed by atoms with E-state index in [-0.39, 0.29) is 42.2 Å². The average Bonchev–Trinajstić information content (AvgIpc) is 2.59. The van der Waals surface area contributed by atoms with Crippen LogP contribution < -0.4 is 10.6 Å². The topological polar surface area (TPSA) is 56.7 Å². The van der Waals surface area contributed by atoms with Gasteiger partial charge in [0.1, 0.15) is 5.82 Å². The van der Waals surface area contributed by atoms with Gasteiger partial charge in [0.2, 0.25) is 5.91 Å². The number of guanidine groups is 1. The first-order valence-electron chi connectivity index (χ1n) is 7.70. The van der Waals surface area contributed by atoms with Crippen LogP contribution in [0.3, 0.4) is 0 Å². The summed E-state index contributed by atoms with van der Waals surface area (Å²) in [6.45, 7) is 0.593. The summed E-state index contributed by atoms with van der Waals surface area (Å²) in [4.78, 5) is 18.0. The Morgan fingerprint density at radius 3 is 2.46 bits per heavy atom. The Morgan fingerprint density at radius 1 is 1.19 bits per heavy atom. The van der Waals surface area contributed by atoms with Gasteiger partial charge in [0.25, 0.3) is 0 Å². The van der Waals surface area contributed by atoms with Crippen LogP contribution >= 0.6 is 35.6 Å². The van der Waals surface area contributed by atoms with Crippen LogP contribution in [-0.2, 0) is 11.3 Å². The molecule has 0 saturated carbocycles. The zero-order valence-electron chi connectivity index (χ0n) is 14.5. The van der Waals surface area contributed by atoms with E-state index in [1.807, 2.05) is 36.2 Å². The van der Waals surface area contributed by atoms with E-state index in [0.29, 0.717) is 23.2 Å². The van der Waals surface area contributed by atoms with E-state index in [2.05, 4.69) is 15.6 Å². The first-order chi connectivity index (χ1) is 12.0. The fourth-order valence-corrected chi connectivity index (χ4v) is 2.43. The van der Waals surface area contributed by atoms with Gasteiger partial charge in [-0.2, -0.15) is 0 Å². The molecule has 8 heteroatoms. The van der Waals surface area contributed by atoms with Crippen molar-refractivity contribution in [3.8, 4) is 0 Å². The van der Waals surface area contributed by atoms with Gasteiger partial charge in [-0.05, 0) is 35.9 Å². The Balaban J connectivity index is 0.00000338. The summed E-state index contributed by atoms with van der Waals surface area (Å²) in [7, 11) is 3.50. The summed E-state index contributed by atoms with van der Waals surface area (Å²) in [6.07, 6.45) is 0. The molecule has 0 spiro atoms. The zero-order valence-corrected chi connectivity index (χ0v) is 17.6. The molecular formula is C18H21ClFIN4O. The normalized spacial score (nSPS) is 10.7. The molecule has 140 valence electrons. The minimum atomic E-state index is -0.349. The van der Waals surface area contributed by atoms with Crippen molar-refractivity contribution in [1.82, 2.24) is 10.2 Å². The van der Waals surface area contributed by atoms with Gasteiger partial charge in [0.15, 0.2) is 5.96 Å². The van der Waals surface area contributed by atoms with Crippen LogP contribution in [-0.4, -0.2) is 37.4 Å². The van der Waals surface area contributed by atoms with Gasteiger partial charge >= 0.3 is 0 Å². The molecule has 2 aromatic carbocycles. The Labute approximate surface area is 174 Å². The molecule has 0 heterocycles. The number of carbonyl (C=O) groups excluding carboxylic acids is 1. The predicted molar refractivity (Wildman–Crippen MR) is 115 cm³/mol. The third-order valence-electron chi connectivity index (χ3n) is 3.47. The van der Waals surface area contributed by atoms with E-state index < -0.39 is 0 Å². The second-order valence-electron chi connectivity index (χ2n) is 5.40. The predicted octanol–water partition coefficient (Wildman–Crippen LogP) is 3.74. The fraction of sp³-hybridized carbons (Fsp3) is 0.222. The molecule has 2 rings (SSSR count). The maximum Gasteiger partial charge on any atom is 0.243 e. The molecule has 0 aromatic heterocycles. The van der Waals surface area contributed by atoms with Crippen molar-refractivity contribution in [2.75, 3.05) is 26.0 Å². The van der Waals surface area contributed by atoms with Gasteiger partial charge in [-0.3, -0.25) is 9.79 Å². The largest absolute Gasteiger partial charge is 0.347 e. The molecule has 0 aliphatic heterocycles. The maximum absolute atomic E-state index is 12.9. The van der Waals surface area contributed by atoms with Crippen molar-refractivity contribution in [3.63, 3.8) is 0 Å². The highest BCUT2D eigenvalue weighted by Crippen LogP contribution is 2.16. The number of hydrogen-bond donors (Lipinski definition) is 2. The smallest absolute Gasteiger partial charge is 0.243 e. The number of nitrogens with one attached hydrogen (secondary N) is 2. The SMILES string of the molecule is CN=C(NCC(=O)Nc1ccc(F)cc1)N(C)Cc1ccccc1Cl.I. The average molecular weight is 491 g/mol. The quantitative estimate of drug-likeness (QED) is 0.381. The molecule has 1 amide bonds. The van der Waals surface area contributed by atoms with Gasteiger partial charge in [0.05, 0.1) is 6.54 Å². The molecule has 0 atom stereocenters. The van der Waals surface area contributed by atoms with Crippen molar-refractivity contribution < 1.29 is 9.18 Å². The number of aliphatic imine (C=N–C) groups is 1. The van der Waals surface area contributed by atoms with Crippen molar-refractivity contribution in [3.05, 3.63) is 64.9 Å². The molecule has 0 saturated heterocycles. The lowest BCUT2D eigenvalue weighted by molar-refractivity contribution is -0.115. The van der Waals surface area contributed by atoms with Crippen LogP contribution in [0.2, 0.25) is 5.02 Å². The first kappa shape index (κ1) is 22.2. The number of amides is 1. The molecule has 0 radical (unpaired) electrons. The molecular weight excluding hydrogens is 470 g/mol. The number of hydrogen-bond acceptors (Lipinski definition) is 2. The number of anilines is 1. The van der Waals surface area contributed by atoms with Crippen LogP contribution in [0.4, 0.5) is 10.1 Å². The highest BCUT2D eigenvalue weighted by atomic mass is 127. The van der Waals surface area contributed by atoms with Crippen molar-refractivity contribution in [1.29, 1.82) is 0 Å². The van der Waals surface area contributed by atoms with Gasteiger partial charge < -0.3 is 15.5 Å². The lowest BCUT2D eigenvalue weighted by Gasteiger charge is -2.22. The third kappa shape index (κ3) is 6.80. The monoisotopic (exact) mass is 490 g/mol. The van der Waals surface area contributed by atoms with Crippen molar-refractivity contribution in [2.24, 2.45) is 4.99 Å². The third-order valence-corrected chi connectivity index (χ3v) is 3.84. The molecule has 0 bridgehead atoms. The summed E-state index contributed by atoms with van der Waals surface area (Å²) in [5, 5.41) is 6.35. The highest BCUT2D eigenvalue weighted by molar-refractivity contribution is 14.0. The molecule has 26 heavy (non-hydrogen) atoms. The molecule has 0 unspecified atom stereocenters. The summed E-state index contributed by atoms with van der Waals surface area (Å²) >= 11 is 6.17. The molecule has 2 aromatic rings. The number of halogens is 3. The van der Waals surface area contributed by atoms with Crippen molar-refractivity contribution in [2.45, 2.75) is 6.54 Å². The molecule has 5 nitrogen and oxygen atoms in total. The van der Waals surface area contributed by atoms with E-state index >= 15 is 0 Å². The Kier molecular flexibility index (Phi) is 9.36. The first-order valence-corrected chi connectivity index (χ1v) is 8.08. The highest BCUT2D eigenvalue weighted by Gasteiger charge is 2.10. The molecule has 2 N–H and O–H groups in total. The number of benzene rings is 2. The van der Waals surface area contributed by atoms with Crippen LogP contribution in [0.15, 0.2) is 53.5 Å². The second kappa shape index (κ2) is 11.0. The lowest BCUT2D eigenvalue weighted by atomic mass is 10.2. The molecule has 0 aliphatic rings. The summed E-state index contributed by atoms with van der Waals surface area (Å²) in [5.41, 5.74) is 1.50. The van der Waals surface area contributed by atoms with Crippen LogP contribution in [0.1, 0.15) is 5.56 Å². The number of rotatable bonds is 5. The molecule has 0 aliphatic carbocycles. The second-order valence-corrected chi connectivity index (χ2v) is 5.81. The maximum atomic E-state index is 12.9. The van der Waals surface area contributed by atoms with E-state index in [9.17, 15) is 9.18 Å². The minimum absolute atomic E-state index is 0. The Bertz CT molecular complexity index is 755. The molecule has 0 fully saturated rings. The Hall–Kier alpha value is -1.87. The van der Waals surface area contributed by atoms with Crippen LogP contribution in [0.25, 0.3) is 0 Å². The van der Waals surface area contributed by atoms with Crippen LogP contribution in [0, 0.1) is 5.82 Å². The van der Waals surface area contributed by atoms with E-state index in [1.54, 1.807) is 7.05 Å². The summed E-state index contributed by atoms with van der Waals surface area (Å²) in [5.74, 6) is -0.0363. The Morgan fingerprint density at radius 2 is 1.85 bits per heavy atom. The number of carbonyl (C=O) groups is 1. The standard InChI is InChI=1S/C18H20ClFN4O.HI/c1-21-18(24(2)12-13-5-3-4-6-16(13)19)22-11-17(25)23-15-9-7-14(20)8-10-15;/h3-10H,11-12H2,1-2H3,(H,21,22)(H,23,25);1H. The zero-order chi connectivity index (χ0) is 18.2. The van der Waals surface area contributed by atoms with E-state index in [1.165, 1.54) is 24.3 Å². The van der Waals surface area contributed by atoms with Gasteiger partial charge in [0, 0.05) is 31.4 Å². The van der Waals surface area contributed by atoms with E-state index in [0.717, 1.165) is 5.56 Å². The number of nitrogens with zero attached hydrogens (tertiary/aromatic N) is 2. The lowest BCUT2D eigenvalue weighted by Crippen LogP contribution is -2.42. The van der Waals surface area contributed by atoms with Crippen molar-refractivity contribution >= 4 is 53.1 Å². The van der Waals surface area contributed by atoms with Gasteiger partial charge in [-0.25, -0.2) is 4.39 Å². The summed E-state index contributed by atoms with van der Waals surface area (Å²) < 4.78 is 12.9. The van der Waals surface area contributed by atoms with Crippen LogP contribution in [0.5, 0.6) is 0 Å².